The number of aromatic nitrogens is 2. The van der Waals surface area contributed by atoms with Crippen molar-refractivity contribution in [1.82, 2.24) is 9.38 Å². The number of hydrogen-bond acceptors (Lipinski definition) is 5. The molecule has 0 atom stereocenters. The molecule has 0 bridgehead atoms. The number of ether oxygens (including phenoxy) is 1. The predicted molar refractivity (Wildman–Crippen MR) is 87.8 cm³/mol. The number of nitrogens with one attached hydrogen (secondary N) is 1. The molecule has 9 heteroatoms. The molecule has 0 unspecified atom stereocenters. The van der Waals surface area contributed by atoms with Gasteiger partial charge in [-0.3, -0.25) is 14.0 Å². The lowest BCUT2D eigenvalue weighted by atomic mass is 10.3. The van der Waals surface area contributed by atoms with Crippen LogP contribution in [0.4, 0.5) is 10.1 Å². The van der Waals surface area contributed by atoms with Crippen LogP contribution in [-0.2, 0) is 20.7 Å². The molecule has 1 aromatic carbocycles. The Kier molecular flexibility index (Phi) is 4.77. The summed E-state index contributed by atoms with van der Waals surface area (Å²) in [7, 11) is 0. The summed E-state index contributed by atoms with van der Waals surface area (Å²) in [6.45, 7) is -0.511. The van der Waals surface area contributed by atoms with E-state index in [-0.39, 0.29) is 17.1 Å². The van der Waals surface area contributed by atoms with E-state index in [0.717, 1.165) is 11.0 Å². The van der Waals surface area contributed by atoms with Crippen molar-refractivity contribution in [1.29, 1.82) is 0 Å². The molecule has 24 heavy (non-hydrogen) atoms. The zero-order chi connectivity index (χ0) is 17.1. The second-order valence-electron chi connectivity index (χ2n) is 4.83. The number of anilines is 1. The van der Waals surface area contributed by atoms with Crippen LogP contribution in [0.3, 0.4) is 0 Å². The number of fused-ring (bicyclic) bond motifs is 1. The van der Waals surface area contributed by atoms with E-state index >= 15 is 0 Å². The highest BCUT2D eigenvalue weighted by Crippen LogP contribution is 2.18. The van der Waals surface area contributed by atoms with Gasteiger partial charge in [0.05, 0.1) is 17.8 Å². The smallest absolute Gasteiger partial charge is 0.312 e. The fourth-order valence-electron chi connectivity index (χ4n) is 1.98. The van der Waals surface area contributed by atoms with Crippen molar-refractivity contribution in [3.05, 3.63) is 52.5 Å². The molecule has 3 rings (SSSR count). The zero-order valence-electron chi connectivity index (χ0n) is 12.2. The average molecular weight is 368 g/mol. The van der Waals surface area contributed by atoms with Crippen molar-refractivity contribution in [2.24, 2.45) is 0 Å². The highest BCUT2D eigenvalue weighted by Gasteiger charge is 2.13. The minimum atomic E-state index is -0.666. The van der Waals surface area contributed by atoms with E-state index in [0.29, 0.717) is 5.69 Å². The van der Waals surface area contributed by atoms with E-state index in [1.165, 1.54) is 23.5 Å². The molecule has 0 aliphatic heterocycles. The van der Waals surface area contributed by atoms with Gasteiger partial charge in [-0.05, 0) is 18.2 Å². The largest absolute Gasteiger partial charge is 0.455 e. The zero-order valence-corrected chi connectivity index (χ0v) is 13.7. The molecule has 6 nitrogen and oxygen atoms in total. The van der Waals surface area contributed by atoms with Gasteiger partial charge >= 0.3 is 5.97 Å². The highest BCUT2D eigenvalue weighted by atomic mass is 35.5. The molecule has 2 aromatic heterocycles. The lowest BCUT2D eigenvalue weighted by Gasteiger charge is -2.07. The van der Waals surface area contributed by atoms with E-state index in [9.17, 15) is 14.0 Å². The predicted octanol–water partition coefficient (Wildman–Crippen LogP) is 2.91. The van der Waals surface area contributed by atoms with Crippen molar-refractivity contribution < 1.29 is 18.7 Å². The van der Waals surface area contributed by atoms with Crippen LogP contribution >= 0.6 is 22.9 Å². The van der Waals surface area contributed by atoms with E-state index in [1.807, 2.05) is 11.6 Å². The number of halogens is 2. The molecule has 3 aromatic rings. The van der Waals surface area contributed by atoms with Gasteiger partial charge in [-0.2, -0.15) is 0 Å². The second kappa shape index (κ2) is 6.98. The molecule has 2 heterocycles. The fraction of sp³-hybridized carbons (Fsp3) is 0.133. The van der Waals surface area contributed by atoms with Crippen LogP contribution in [-0.4, -0.2) is 27.9 Å². The number of hydrogen-bond donors (Lipinski definition) is 1. The van der Waals surface area contributed by atoms with Crippen LogP contribution in [0.15, 0.2) is 36.0 Å². The molecular formula is C15H11ClFN3O3S. The maximum Gasteiger partial charge on any atom is 0.312 e. The Labute approximate surface area is 144 Å². The molecule has 0 radical (unpaired) electrons. The van der Waals surface area contributed by atoms with Gasteiger partial charge in [0.15, 0.2) is 11.6 Å². The maximum atomic E-state index is 13.6. The third-order valence-electron chi connectivity index (χ3n) is 3.04. The summed E-state index contributed by atoms with van der Waals surface area (Å²) in [5, 5.41) is 4.41. The number of carbonyl (C=O) groups is 2. The van der Waals surface area contributed by atoms with Crippen molar-refractivity contribution in [2.45, 2.75) is 6.42 Å². The Bertz CT molecular complexity index is 880. The number of esters is 1. The van der Waals surface area contributed by atoms with E-state index < -0.39 is 24.3 Å². The number of imidazole rings is 1. The van der Waals surface area contributed by atoms with Crippen molar-refractivity contribution in [3.8, 4) is 0 Å². The highest BCUT2D eigenvalue weighted by molar-refractivity contribution is 7.15. The topological polar surface area (TPSA) is 72.7 Å². The van der Waals surface area contributed by atoms with E-state index in [4.69, 9.17) is 16.3 Å². The first-order valence-corrected chi connectivity index (χ1v) is 8.08. The summed E-state index contributed by atoms with van der Waals surface area (Å²) in [5.41, 5.74) is 0.519. The quantitative estimate of drug-likeness (QED) is 0.704. The third-order valence-corrected chi connectivity index (χ3v) is 4.04. The summed E-state index contributed by atoms with van der Waals surface area (Å²) in [5.74, 6) is -1.90. The summed E-state index contributed by atoms with van der Waals surface area (Å²) in [6, 6.07) is 3.85. The Morgan fingerprint density at radius 3 is 3.00 bits per heavy atom. The van der Waals surface area contributed by atoms with Crippen molar-refractivity contribution in [3.63, 3.8) is 0 Å². The lowest BCUT2D eigenvalue weighted by molar-refractivity contribution is -0.146. The van der Waals surface area contributed by atoms with Crippen LogP contribution in [0.2, 0.25) is 5.02 Å². The second-order valence-corrected chi connectivity index (χ2v) is 6.14. The maximum absolute atomic E-state index is 13.6. The van der Waals surface area contributed by atoms with Crippen LogP contribution < -0.4 is 5.32 Å². The van der Waals surface area contributed by atoms with Gasteiger partial charge in [-0.15, -0.1) is 11.3 Å². The Morgan fingerprint density at radius 1 is 1.42 bits per heavy atom. The molecule has 124 valence electrons. The Morgan fingerprint density at radius 2 is 2.25 bits per heavy atom. The summed E-state index contributed by atoms with van der Waals surface area (Å²) >= 11 is 7.07. The van der Waals surface area contributed by atoms with Crippen LogP contribution in [0, 0.1) is 5.82 Å². The molecule has 0 spiro atoms. The van der Waals surface area contributed by atoms with Gasteiger partial charge in [0.1, 0.15) is 5.82 Å². The average Bonchev–Trinajstić information content (AvgIpc) is 3.09. The third kappa shape index (κ3) is 3.90. The van der Waals surface area contributed by atoms with Crippen molar-refractivity contribution >= 4 is 45.5 Å². The standard InChI is InChI=1S/C15H11ClFN3O3S/c16-9-1-2-12(11(17)5-9)19-13(21)8-23-14(22)6-10-7-20-3-4-24-15(20)18-10/h1-5,7H,6,8H2,(H,19,21). The monoisotopic (exact) mass is 367 g/mol. The molecular weight excluding hydrogens is 357 g/mol. The molecule has 0 aliphatic rings. The summed E-state index contributed by atoms with van der Waals surface area (Å²) < 4.78 is 20.2. The van der Waals surface area contributed by atoms with Gasteiger partial charge in [0, 0.05) is 22.8 Å². The Hall–Kier alpha value is -2.45. The minimum Gasteiger partial charge on any atom is -0.455 e. The summed E-state index contributed by atoms with van der Waals surface area (Å²) in [6.07, 6.45) is 3.50. The van der Waals surface area contributed by atoms with Gasteiger partial charge in [-0.25, -0.2) is 9.37 Å². The fourth-order valence-corrected chi connectivity index (χ4v) is 2.86. The number of thiazole rings is 1. The number of benzene rings is 1. The molecule has 0 saturated heterocycles. The summed E-state index contributed by atoms with van der Waals surface area (Å²) in [4.78, 5) is 28.5. The molecule has 1 N–H and O–H groups in total. The lowest BCUT2D eigenvalue weighted by Crippen LogP contribution is -2.22. The number of rotatable bonds is 5. The van der Waals surface area contributed by atoms with Gasteiger partial charge < -0.3 is 10.1 Å². The Balaban J connectivity index is 1.50. The normalized spacial score (nSPS) is 10.8. The van der Waals surface area contributed by atoms with Gasteiger partial charge in [0.25, 0.3) is 5.91 Å². The van der Waals surface area contributed by atoms with Gasteiger partial charge in [-0.1, -0.05) is 11.6 Å². The first-order valence-electron chi connectivity index (χ1n) is 6.83. The molecule has 0 fully saturated rings. The first kappa shape index (κ1) is 16.4. The molecule has 1 amide bonds. The van der Waals surface area contributed by atoms with Crippen LogP contribution in [0.5, 0.6) is 0 Å². The minimum absolute atomic E-state index is 0.0326. The van der Waals surface area contributed by atoms with Crippen molar-refractivity contribution in [2.75, 3.05) is 11.9 Å². The van der Waals surface area contributed by atoms with Crippen LogP contribution in [0.1, 0.15) is 5.69 Å². The van der Waals surface area contributed by atoms with E-state index in [1.54, 1.807) is 10.6 Å². The number of carbonyl (C=O) groups excluding carboxylic acids is 2. The number of nitrogens with zero attached hydrogens (tertiary/aromatic N) is 2. The van der Waals surface area contributed by atoms with Gasteiger partial charge in [0.2, 0.25) is 0 Å². The van der Waals surface area contributed by atoms with Crippen LogP contribution in [0.25, 0.3) is 4.96 Å². The molecule has 0 saturated carbocycles. The first-order chi connectivity index (χ1) is 11.5. The van der Waals surface area contributed by atoms with E-state index in [2.05, 4.69) is 10.3 Å². The SMILES string of the molecule is O=C(COC(=O)Cc1cn2ccsc2n1)Nc1ccc(Cl)cc1F. The number of amides is 1. The molecule has 0 aliphatic carbocycles.